The van der Waals surface area contributed by atoms with Crippen LogP contribution in [0.15, 0.2) is 70.6 Å². The van der Waals surface area contributed by atoms with Crippen molar-refractivity contribution in [3.63, 3.8) is 0 Å². The van der Waals surface area contributed by atoms with Gasteiger partial charge in [0.1, 0.15) is 0 Å². The molecule has 162 valence electrons. The zero-order chi connectivity index (χ0) is 22.8. The summed E-state index contributed by atoms with van der Waals surface area (Å²) in [4.78, 5) is 12.5. The highest BCUT2D eigenvalue weighted by atomic mass is 32.1. The van der Waals surface area contributed by atoms with Gasteiger partial charge in [-0.1, -0.05) is 75.7 Å². The molecule has 0 aliphatic heterocycles. The number of nitrogens with zero attached hydrogens (tertiary/aromatic N) is 2. The SMILES string of the molecule is CC(=Nc1ccccc1[Si](C)(C)C)c1ccc(C(C)=Nc2ccccc2[Si](C)(C)C)s1. The fraction of sp³-hybridized carbons (Fsp3) is 0.308. The molecule has 0 spiro atoms. The zero-order valence-electron chi connectivity index (χ0n) is 20.1. The molecular formula is C26H34N2SSi2. The normalized spacial score (nSPS) is 13.5. The fourth-order valence-corrected chi connectivity index (χ4v) is 7.51. The molecule has 0 amide bonds. The van der Waals surface area contributed by atoms with Gasteiger partial charge in [0.25, 0.3) is 0 Å². The van der Waals surface area contributed by atoms with Crippen LogP contribution in [0.4, 0.5) is 11.4 Å². The van der Waals surface area contributed by atoms with Crippen LogP contribution in [0.2, 0.25) is 39.3 Å². The van der Waals surface area contributed by atoms with Crippen LogP contribution in [0, 0.1) is 0 Å². The molecule has 0 bridgehead atoms. The van der Waals surface area contributed by atoms with E-state index in [9.17, 15) is 0 Å². The van der Waals surface area contributed by atoms with Crippen molar-refractivity contribution in [3.8, 4) is 0 Å². The van der Waals surface area contributed by atoms with Crippen LogP contribution in [0.1, 0.15) is 23.6 Å². The van der Waals surface area contributed by atoms with Gasteiger partial charge in [-0.15, -0.1) is 11.3 Å². The second-order valence-corrected chi connectivity index (χ2v) is 21.3. The summed E-state index contributed by atoms with van der Waals surface area (Å²) in [7, 11) is -2.88. The van der Waals surface area contributed by atoms with Gasteiger partial charge in [0.2, 0.25) is 0 Å². The number of aliphatic imine (C=N–C) groups is 2. The molecule has 0 aliphatic rings. The van der Waals surface area contributed by atoms with Crippen LogP contribution < -0.4 is 10.4 Å². The van der Waals surface area contributed by atoms with Crippen molar-refractivity contribution in [1.29, 1.82) is 0 Å². The largest absolute Gasteiger partial charge is 0.252 e. The van der Waals surface area contributed by atoms with Crippen LogP contribution in [0.3, 0.4) is 0 Å². The Labute approximate surface area is 193 Å². The van der Waals surface area contributed by atoms with E-state index >= 15 is 0 Å². The lowest BCUT2D eigenvalue weighted by atomic mass is 10.2. The summed E-state index contributed by atoms with van der Waals surface area (Å²) in [6, 6.07) is 21.6. The van der Waals surface area contributed by atoms with E-state index in [1.54, 1.807) is 11.3 Å². The van der Waals surface area contributed by atoms with Gasteiger partial charge in [-0.05, 0) is 48.5 Å². The lowest BCUT2D eigenvalue weighted by Gasteiger charge is -2.19. The van der Waals surface area contributed by atoms with E-state index in [1.165, 1.54) is 20.1 Å². The molecule has 31 heavy (non-hydrogen) atoms. The van der Waals surface area contributed by atoms with Crippen LogP contribution in [-0.4, -0.2) is 27.6 Å². The first kappa shape index (κ1) is 23.6. The first-order valence-electron chi connectivity index (χ1n) is 10.9. The summed E-state index contributed by atoms with van der Waals surface area (Å²) in [6.45, 7) is 18.5. The van der Waals surface area contributed by atoms with E-state index in [0.29, 0.717) is 0 Å². The summed E-state index contributed by atoms with van der Waals surface area (Å²) in [5.41, 5.74) is 4.36. The Balaban J connectivity index is 1.93. The highest BCUT2D eigenvalue weighted by Crippen LogP contribution is 2.23. The molecule has 0 saturated carbocycles. The molecule has 2 nitrogen and oxygen atoms in total. The molecule has 0 saturated heterocycles. The van der Waals surface area contributed by atoms with Gasteiger partial charge in [-0.25, -0.2) is 0 Å². The predicted octanol–water partition coefficient (Wildman–Crippen LogP) is 7.12. The number of para-hydroxylation sites is 2. The zero-order valence-corrected chi connectivity index (χ0v) is 22.9. The maximum absolute atomic E-state index is 5.03. The molecule has 0 fully saturated rings. The van der Waals surface area contributed by atoms with Crippen LogP contribution in [0.25, 0.3) is 0 Å². The molecule has 1 aromatic heterocycles. The minimum atomic E-state index is -1.44. The molecule has 0 unspecified atom stereocenters. The Morgan fingerprint density at radius 2 is 0.935 bits per heavy atom. The summed E-state index contributed by atoms with van der Waals surface area (Å²) >= 11 is 1.78. The molecule has 2 aromatic carbocycles. The molecule has 0 N–H and O–H groups in total. The number of thiophene rings is 1. The first-order chi connectivity index (χ1) is 14.5. The minimum absolute atomic E-state index is 1.07. The molecule has 1 heterocycles. The Kier molecular flexibility index (Phi) is 6.99. The summed E-state index contributed by atoms with van der Waals surface area (Å²) in [5.74, 6) is 0. The van der Waals surface area contributed by atoms with Gasteiger partial charge in [0.05, 0.1) is 38.9 Å². The third-order valence-electron chi connectivity index (χ3n) is 5.32. The highest BCUT2D eigenvalue weighted by Gasteiger charge is 2.21. The molecule has 3 rings (SSSR count). The van der Waals surface area contributed by atoms with Crippen LogP contribution >= 0.6 is 11.3 Å². The lowest BCUT2D eigenvalue weighted by Crippen LogP contribution is -2.37. The monoisotopic (exact) mass is 462 g/mol. The molecule has 0 aliphatic carbocycles. The van der Waals surface area contributed by atoms with Crippen molar-refractivity contribution in [2.24, 2.45) is 9.98 Å². The first-order valence-corrected chi connectivity index (χ1v) is 18.7. The van der Waals surface area contributed by atoms with E-state index in [4.69, 9.17) is 9.98 Å². The summed E-state index contributed by atoms with van der Waals surface area (Å²) in [5, 5.41) is 2.82. The topological polar surface area (TPSA) is 24.7 Å². The predicted molar refractivity (Wildman–Crippen MR) is 147 cm³/mol. The summed E-state index contributed by atoms with van der Waals surface area (Å²) in [6.07, 6.45) is 0. The second-order valence-electron chi connectivity index (χ2n) is 10.1. The van der Waals surface area contributed by atoms with E-state index in [-0.39, 0.29) is 0 Å². The Morgan fingerprint density at radius 3 is 1.29 bits per heavy atom. The van der Waals surface area contributed by atoms with Crippen LogP contribution in [0.5, 0.6) is 0 Å². The van der Waals surface area contributed by atoms with E-state index < -0.39 is 16.1 Å². The van der Waals surface area contributed by atoms with Crippen LogP contribution in [-0.2, 0) is 0 Å². The van der Waals surface area contributed by atoms with Crippen molar-refractivity contribution in [1.82, 2.24) is 0 Å². The van der Waals surface area contributed by atoms with Crippen molar-refractivity contribution in [3.05, 3.63) is 70.4 Å². The molecule has 0 radical (unpaired) electrons. The average Bonchev–Trinajstić information content (AvgIpc) is 3.18. The summed E-state index contributed by atoms with van der Waals surface area (Å²) < 4.78 is 0. The molecular weight excluding hydrogens is 429 g/mol. The average molecular weight is 463 g/mol. The quantitative estimate of drug-likeness (QED) is 0.275. The third kappa shape index (κ3) is 5.79. The Hall–Kier alpha value is -2.09. The Morgan fingerprint density at radius 1 is 0.581 bits per heavy atom. The molecule has 0 atom stereocenters. The van der Waals surface area contributed by atoms with Gasteiger partial charge in [0, 0.05) is 9.75 Å². The number of rotatable bonds is 6. The van der Waals surface area contributed by atoms with Gasteiger partial charge >= 0.3 is 0 Å². The Bertz CT molecular complexity index is 1040. The van der Waals surface area contributed by atoms with E-state index in [0.717, 1.165) is 22.8 Å². The maximum atomic E-state index is 5.03. The molecule has 5 heteroatoms. The van der Waals surface area contributed by atoms with Gasteiger partial charge < -0.3 is 0 Å². The van der Waals surface area contributed by atoms with Crippen molar-refractivity contribution < 1.29 is 0 Å². The van der Waals surface area contributed by atoms with Gasteiger partial charge in [-0.3, -0.25) is 9.98 Å². The third-order valence-corrected chi connectivity index (χ3v) is 10.7. The fourth-order valence-electron chi connectivity index (χ4n) is 3.61. The number of benzene rings is 2. The molecule has 3 aromatic rings. The van der Waals surface area contributed by atoms with Crippen molar-refractivity contribution in [2.45, 2.75) is 53.1 Å². The van der Waals surface area contributed by atoms with Crippen molar-refractivity contribution in [2.75, 3.05) is 0 Å². The maximum Gasteiger partial charge on any atom is 0.0804 e. The smallest absolute Gasteiger partial charge is 0.0804 e. The van der Waals surface area contributed by atoms with Gasteiger partial charge in [-0.2, -0.15) is 0 Å². The number of hydrogen-bond acceptors (Lipinski definition) is 3. The van der Waals surface area contributed by atoms with Gasteiger partial charge in [0.15, 0.2) is 0 Å². The van der Waals surface area contributed by atoms with Crippen molar-refractivity contribution >= 4 is 60.7 Å². The highest BCUT2D eigenvalue weighted by molar-refractivity contribution is 7.16. The standard InChI is InChI=1S/C26H34N2SSi2/c1-19(27-21-13-9-11-15-25(21)30(3,4)5)23-17-18-24(29-23)20(2)28-22-14-10-12-16-26(22)31(6,7)8/h9-18H,1-8H3. The van der Waals surface area contributed by atoms with E-state index in [1.807, 2.05) is 0 Å². The van der Waals surface area contributed by atoms with E-state index in [2.05, 4.69) is 114 Å². The number of hydrogen-bond donors (Lipinski definition) is 0. The lowest BCUT2D eigenvalue weighted by molar-refractivity contribution is 1.50. The second kappa shape index (κ2) is 9.19. The minimum Gasteiger partial charge on any atom is -0.252 e.